The second-order valence-electron chi connectivity index (χ2n) is 7.64. The highest BCUT2D eigenvalue weighted by atomic mass is 16.5. The summed E-state index contributed by atoms with van der Waals surface area (Å²) in [5.41, 5.74) is 2.83. The Morgan fingerprint density at radius 3 is 2.43 bits per heavy atom. The van der Waals surface area contributed by atoms with Crippen molar-refractivity contribution in [2.45, 2.75) is 39.2 Å². The highest BCUT2D eigenvalue weighted by Gasteiger charge is 2.42. The van der Waals surface area contributed by atoms with E-state index in [4.69, 9.17) is 4.74 Å². The summed E-state index contributed by atoms with van der Waals surface area (Å²) in [7, 11) is 4.49. The van der Waals surface area contributed by atoms with Crippen molar-refractivity contribution in [3.05, 3.63) is 29.8 Å². The first-order valence-electron chi connectivity index (χ1n) is 8.04. The fraction of sp³-hybridized carbons (Fsp3) is 0.667. The fourth-order valence-corrected chi connectivity index (χ4v) is 3.66. The van der Waals surface area contributed by atoms with Crippen molar-refractivity contribution in [1.29, 1.82) is 0 Å². The minimum Gasteiger partial charge on any atom is -0.384 e. The summed E-state index contributed by atoms with van der Waals surface area (Å²) in [5, 5.41) is 3.66. The van der Waals surface area contributed by atoms with Gasteiger partial charge in [-0.25, -0.2) is 0 Å². The molecule has 1 aromatic carbocycles. The monoisotopic (exact) mass is 291 g/mol. The van der Waals surface area contributed by atoms with Crippen LogP contribution in [0.15, 0.2) is 24.3 Å². The average molecular weight is 291 g/mol. The normalized spacial score (nSPS) is 25.0. The van der Waals surface area contributed by atoms with Gasteiger partial charge >= 0.3 is 0 Å². The number of anilines is 1. The van der Waals surface area contributed by atoms with Gasteiger partial charge in [0.05, 0.1) is 26.2 Å². The molecule has 1 aliphatic heterocycles. The largest absolute Gasteiger partial charge is 0.384 e. The van der Waals surface area contributed by atoms with E-state index < -0.39 is 0 Å². The summed E-state index contributed by atoms with van der Waals surface area (Å²) in [5.74, 6) is 0. The first kappa shape index (κ1) is 16.3. The van der Waals surface area contributed by atoms with Crippen LogP contribution < -0.4 is 10.2 Å². The zero-order valence-electron chi connectivity index (χ0n) is 14.3. The molecule has 0 amide bonds. The zero-order valence-corrected chi connectivity index (χ0v) is 14.3. The van der Waals surface area contributed by atoms with Crippen LogP contribution in [0.3, 0.4) is 0 Å². The van der Waals surface area contributed by atoms with E-state index in [1.165, 1.54) is 22.7 Å². The van der Waals surface area contributed by atoms with Crippen LogP contribution in [0.2, 0.25) is 0 Å². The van der Waals surface area contributed by atoms with Crippen LogP contribution >= 0.6 is 0 Å². The molecule has 1 aromatic rings. The third-order valence-electron chi connectivity index (χ3n) is 4.37. The standard InChI is InChI=1S/C18H30N2O/c1-15-6-8-16(9-7-15)19-13-18(14-20(4)5)10-11-21-17(2,3)12-18/h6-9,19H,10-14H2,1-5H3/p+1/t18-/m0/s1. The van der Waals surface area contributed by atoms with Gasteiger partial charge in [-0.05, 0) is 45.7 Å². The van der Waals surface area contributed by atoms with Gasteiger partial charge in [0, 0.05) is 24.3 Å². The molecule has 1 atom stereocenters. The smallest absolute Gasteiger partial charge is 0.0843 e. The minimum atomic E-state index is -0.0113. The molecule has 2 N–H and O–H groups in total. The van der Waals surface area contributed by atoms with Gasteiger partial charge in [0.25, 0.3) is 0 Å². The first-order chi connectivity index (χ1) is 9.80. The second kappa shape index (κ2) is 6.37. The topological polar surface area (TPSA) is 25.7 Å². The molecule has 3 heteroatoms. The molecule has 0 aliphatic carbocycles. The molecule has 2 rings (SSSR count). The van der Waals surface area contributed by atoms with Crippen molar-refractivity contribution in [1.82, 2.24) is 0 Å². The Balaban J connectivity index is 2.07. The number of hydrogen-bond acceptors (Lipinski definition) is 2. The van der Waals surface area contributed by atoms with Gasteiger partial charge in [-0.2, -0.15) is 0 Å². The van der Waals surface area contributed by atoms with Gasteiger partial charge in [-0.3, -0.25) is 0 Å². The summed E-state index contributed by atoms with van der Waals surface area (Å²) in [6, 6.07) is 8.69. The summed E-state index contributed by atoms with van der Waals surface area (Å²) < 4.78 is 5.93. The average Bonchev–Trinajstić information content (AvgIpc) is 2.36. The van der Waals surface area contributed by atoms with E-state index in [1.807, 2.05) is 0 Å². The van der Waals surface area contributed by atoms with Gasteiger partial charge in [0.1, 0.15) is 0 Å². The maximum absolute atomic E-state index is 5.93. The minimum absolute atomic E-state index is 0.0113. The van der Waals surface area contributed by atoms with E-state index in [0.29, 0.717) is 5.41 Å². The molecule has 1 heterocycles. The molecule has 0 bridgehead atoms. The van der Waals surface area contributed by atoms with E-state index >= 15 is 0 Å². The molecular formula is C18H31N2O+. The number of nitrogens with one attached hydrogen (secondary N) is 2. The van der Waals surface area contributed by atoms with Gasteiger partial charge in [0.2, 0.25) is 0 Å². The summed E-state index contributed by atoms with van der Waals surface area (Å²) in [6.07, 6.45) is 2.25. The summed E-state index contributed by atoms with van der Waals surface area (Å²) >= 11 is 0. The van der Waals surface area contributed by atoms with Crippen molar-refractivity contribution in [2.75, 3.05) is 39.1 Å². The lowest BCUT2D eigenvalue weighted by atomic mass is 9.73. The molecule has 1 fully saturated rings. The van der Waals surface area contributed by atoms with E-state index in [-0.39, 0.29) is 5.60 Å². The van der Waals surface area contributed by atoms with E-state index in [2.05, 4.69) is 64.4 Å². The molecule has 3 nitrogen and oxygen atoms in total. The lowest BCUT2D eigenvalue weighted by molar-refractivity contribution is -0.866. The van der Waals surface area contributed by atoms with Crippen molar-refractivity contribution in [2.24, 2.45) is 5.41 Å². The molecular weight excluding hydrogens is 260 g/mol. The van der Waals surface area contributed by atoms with Crippen LogP contribution in [-0.2, 0) is 4.74 Å². The molecule has 21 heavy (non-hydrogen) atoms. The summed E-state index contributed by atoms with van der Waals surface area (Å²) in [6.45, 7) is 9.64. The maximum Gasteiger partial charge on any atom is 0.0843 e. The number of aryl methyl sites for hydroxylation is 1. The highest BCUT2D eigenvalue weighted by molar-refractivity contribution is 5.44. The molecule has 0 aromatic heterocycles. The first-order valence-corrected chi connectivity index (χ1v) is 8.04. The van der Waals surface area contributed by atoms with E-state index in [9.17, 15) is 0 Å². The van der Waals surface area contributed by atoms with E-state index in [0.717, 1.165) is 26.0 Å². The molecule has 1 saturated heterocycles. The Bertz CT molecular complexity index is 453. The van der Waals surface area contributed by atoms with Crippen molar-refractivity contribution in [3.8, 4) is 0 Å². The predicted molar refractivity (Wildman–Crippen MR) is 89.0 cm³/mol. The quantitative estimate of drug-likeness (QED) is 0.869. The lowest BCUT2D eigenvalue weighted by Gasteiger charge is -2.45. The predicted octanol–water partition coefficient (Wildman–Crippen LogP) is 2.13. The number of hydrogen-bond donors (Lipinski definition) is 2. The third-order valence-corrected chi connectivity index (χ3v) is 4.37. The molecule has 0 spiro atoms. The number of rotatable bonds is 5. The molecule has 118 valence electrons. The Kier molecular flexibility index (Phi) is 4.95. The van der Waals surface area contributed by atoms with Gasteiger partial charge in [-0.15, -0.1) is 0 Å². The molecule has 0 unspecified atom stereocenters. The van der Waals surface area contributed by atoms with E-state index in [1.54, 1.807) is 0 Å². The maximum atomic E-state index is 5.93. The van der Waals surface area contributed by atoms with Crippen molar-refractivity contribution < 1.29 is 9.64 Å². The number of benzene rings is 1. The van der Waals surface area contributed by atoms with Crippen LogP contribution in [0.25, 0.3) is 0 Å². The Hall–Kier alpha value is -1.06. The Labute approximate surface area is 129 Å². The molecule has 1 aliphatic rings. The Morgan fingerprint density at radius 2 is 1.86 bits per heavy atom. The third kappa shape index (κ3) is 4.72. The zero-order chi connectivity index (χ0) is 15.5. The number of quaternary nitrogens is 1. The van der Waals surface area contributed by atoms with Gasteiger partial charge < -0.3 is 15.0 Å². The van der Waals surface area contributed by atoms with Crippen LogP contribution in [-0.4, -0.2) is 39.4 Å². The van der Waals surface area contributed by atoms with Crippen LogP contribution in [0.1, 0.15) is 32.3 Å². The molecule has 0 radical (unpaired) electrons. The van der Waals surface area contributed by atoms with Crippen molar-refractivity contribution in [3.63, 3.8) is 0 Å². The van der Waals surface area contributed by atoms with Crippen LogP contribution in [0.5, 0.6) is 0 Å². The van der Waals surface area contributed by atoms with Gasteiger partial charge in [0.15, 0.2) is 0 Å². The Morgan fingerprint density at radius 1 is 1.19 bits per heavy atom. The van der Waals surface area contributed by atoms with Crippen LogP contribution in [0.4, 0.5) is 5.69 Å². The lowest BCUT2D eigenvalue weighted by Crippen LogP contribution is -3.07. The highest BCUT2D eigenvalue weighted by Crippen LogP contribution is 2.38. The number of ether oxygens (including phenoxy) is 1. The van der Waals surface area contributed by atoms with Crippen LogP contribution in [0, 0.1) is 12.3 Å². The SMILES string of the molecule is Cc1ccc(NC[C@]2(C[NH+](C)C)CCOC(C)(C)C2)cc1. The van der Waals surface area contributed by atoms with Gasteiger partial charge in [-0.1, -0.05) is 17.7 Å². The summed E-state index contributed by atoms with van der Waals surface area (Å²) in [4.78, 5) is 1.51. The molecule has 0 saturated carbocycles. The van der Waals surface area contributed by atoms with Crippen molar-refractivity contribution >= 4 is 5.69 Å². The second-order valence-corrected chi connectivity index (χ2v) is 7.64. The fourth-order valence-electron chi connectivity index (χ4n) is 3.66.